The summed E-state index contributed by atoms with van der Waals surface area (Å²) in [5.74, 6) is 0. The standard InChI is InChI=1S/C13H18FN/c1-11-5-6-13(9-12(11)10-14)15-7-3-2-4-8-15/h5-6,9H,2-4,7-8,10H2,1H3. The first-order valence-corrected chi connectivity index (χ1v) is 5.71. The maximum atomic E-state index is 12.7. The van der Waals surface area contributed by atoms with Crippen LogP contribution in [0.1, 0.15) is 30.4 Å². The Morgan fingerprint density at radius 1 is 1.20 bits per heavy atom. The van der Waals surface area contributed by atoms with Gasteiger partial charge >= 0.3 is 0 Å². The molecule has 0 aromatic heterocycles. The highest BCUT2D eigenvalue weighted by Gasteiger charge is 2.11. The van der Waals surface area contributed by atoms with E-state index in [-0.39, 0.29) is 6.67 Å². The molecule has 2 rings (SSSR count). The fourth-order valence-corrected chi connectivity index (χ4v) is 2.15. The molecule has 0 bridgehead atoms. The second kappa shape index (κ2) is 4.65. The van der Waals surface area contributed by atoms with Crippen molar-refractivity contribution in [2.24, 2.45) is 0 Å². The van der Waals surface area contributed by atoms with Crippen LogP contribution in [0.3, 0.4) is 0 Å². The normalized spacial score (nSPS) is 16.8. The van der Waals surface area contributed by atoms with Gasteiger partial charge in [0.25, 0.3) is 0 Å². The minimum absolute atomic E-state index is 0.354. The second-order valence-corrected chi connectivity index (χ2v) is 4.29. The molecule has 82 valence electrons. The van der Waals surface area contributed by atoms with E-state index < -0.39 is 0 Å². The van der Waals surface area contributed by atoms with E-state index in [2.05, 4.69) is 11.0 Å². The van der Waals surface area contributed by atoms with Gasteiger partial charge in [-0.05, 0) is 49.4 Å². The number of halogens is 1. The summed E-state index contributed by atoms with van der Waals surface area (Å²) >= 11 is 0. The average Bonchev–Trinajstić information content (AvgIpc) is 2.31. The third-order valence-electron chi connectivity index (χ3n) is 3.20. The Bertz CT molecular complexity index is 329. The Morgan fingerprint density at radius 2 is 1.93 bits per heavy atom. The van der Waals surface area contributed by atoms with E-state index in [9.17, 15) is 4.39 Å². The van der Waals surface area contributed by atoms with Crippen LogP contribution in [0.4, 0.5) is 10.1 Å². The van der Waals surface area contributed by atoms with E-state index in [0.717, 1.165) is 24.2 Å². The van der Waals surface area contributed by atoms with Crippen LogP contribution in [0.5, 0.6) is 0 Å². The van der Waals surface area contributed by atoms with Crippen LogP contribution in [-0.4, -0.2) is 13.1 Å². The maximum Gasteiger partial charge on any atom is 0.115 e. The van der Waals surface area contributed by atoms with Crippen LogP contribution in [0.2, 0.25) is 0 Å². The summed E-state index contributed by atoms with van der Waals surface area (Å²) in [6.07, 6.45) is 3.86. The van der Waals surface area contributed by atoms with Gasteiger partial charge in [0.2, 0.25) is 0 Å². The third kappa shape index (κ3) is 2.31. The second-order valence-electron chi connectivity index (χ2n) is 4.29. The number of anilines is 1. The molecule has 1 aliphatic rings. The first-order chi connectivity index (χ1) is 7.31. The van der Waals surface area contributed by atoms with Gasteiger partial charge in [-0.3, -0.25) is 0 Å². The number of hydrogen-bond acceptors (Lipinski definition) is 1. The fourth-order valence-electron chi connectivity index (χ4n) is 2.15. The molecule has 0 spiro atoms. The quantitative estimate of drug-likeness (QED) is 0.718. The van der Waals surface area contributed by atoms with Crippen molar-refractivity contribution in [3.8, 4) is 0 Å². The zero-order valence-electron chi connectivity index (χ0n) is 9.30. The highest BCUT2D eigenvalue weighted by molar-refractivity contribution is 5.51. The summed E-state index contributed by atoms with van der Waals surface area (Å²) in [6, 6.07) is 6.14. The molecule has 1 nitrogen and oxygen atoms in total. The third-order valence-corrected chi connectivity index (χ3v) is 3.20. The summed E-state index contributed by atoms with van der Waals surface area (Å²) in [6.45, 7) is 3.85. The Morgan fingerprint density at radius 3 is 2.60 bits per heavy atom. The van der Waals surface area contributed by atoms with Gasteiger partial charge in [-0.1, -0.05) is 6.07 Å². The van der Waals surface area contributed by atoms with Gasteiger partial charge in [0.1, 0.15) is 6.67 Å². The van der Waals surface area contributed by atoms with Crippen LogP contribution in [0.25, 0.3) is 0 Å². The van der Waals surface area contributed by atoms with Crippen LogP contribution in [-0.2, 0) is 6.67 Å². The zero-order valence-corrected chi connectivity index (χ0v) is 9.30. The van der Waals surface area contributed by atoms with Crippen molar-refractivity contribution < 1.29 is 4.39 Å². The molecular formula is C13H18FN. The summed E-state index contributed by atoms with van der Waals surface area (Å²) < 4.78 is 12.7. The molecule has 1 aromatic rings. The van der Waals surface area contributed by atoms with Crippen molar-refractivity contribution in [2.75, 3.05) is 18.0 Å². The topological polar surface area (TPSA) is 3.24 Å². The smallest absolute Gasteiger partial charge is 0.115 e. The van der Waals surface area contributed by atoms with Crippen LogP contribution < -0.4 is 4.90 Å². The molecule has 1 fully saturated rings. The van der Waals surface area contributed by atoms with Crippen molar-refractivity contribution >= 4 is 5.69 Å². The lowest BCUT2D eigenvalue weighted by Gasteiger charge is -2.29. The maximum absolute atomic E-state index is 12.7. The predicted octanol–water partition coefficient (Wildman–Crippen LogP) is 3.45. The van der Waals surface area contributed by atoms with Crippen LogP contribution in [0.15, 0.2) is 18.2 Å². The molecule has 2 heteroatoms. The van der Waals surface area contributed by atoms with E-state index in [1.807, 2.05) is 19.1 Å². The number of nitrogens with zero attached hydrogens (tertiary/aromatic N) is 1. The number of benzene rings is 1. The molecule has 1 heterocycles. The highest BCUT2D eigenvalue weighted by atomic mass is 19.1. The lowest BCUT2D eigenvalue weighted by atomic mass is 10.1. The highest BCUT2D eigenvalue weighted by Crippen LogP contribution is 2.23. The molecule has 15 heavy (non-hydrogen) atoms. The van der Waals surface area contributed by atoms with Crippen molar-refractivity contribution in [3.63, 3.8) is 0 Å². The van der Waals surface area contributed by atoms with E-state index in [0.29, 0.717) is 0 Å². The number of piperidine rings is 1. The molecule has 0 saturated carbocycles. The molecule has 1 aromatic carbocycles. The SMILES string of the molecule is Cc1ccc(N2CCCCC2)cc1CF. The molecule has 0 unspecified atom stereocenters. The van der Waals surface area contributed by atoms with Crippen LogP contribution in [0, 0.1) is 6.92 Å². The van der Waals surface area contributed by atoms with Crippen LogP contribution >= 0.6 is 0 Å². The van der Waals surface area contributed by atoms with Gasteiger partial charge < -0.3 is 4.90 Å². The number of aryl methyl sites for hydroxylation is 1. The minimum Gasteiger partial charge on any atom is -0.372 e. The van der Waals surface area contributed by atoms with Gasteiger partial charge in [-0.2, -0.15) is 0 Å². The zero-order chi connectivity index (χ0) is 10.7. The van der Waals surface area contributed by atoms with Gasteiger partial charge in [-0.15, -0.1) is 0 Å². The van der Waals surface area contributed by atoms with Gasteiger partial charge in [0.05, 0.1) is 0 Å². The summed E-state index contributed by atoms with van der Waals surface area (Å²) in [4.78, 5) is 2.36. The monoisotopic (exact) mass is 207 g/mol. The largest absolute Gasteiger partial charge is 0.372 e. The Kier molecular flexibility index (Phi) is 3.24. The summed E-state index contributed by atoms with van der Waals surface area (Å²) in [5.41, 5.74) is 3.07. The van der Waals surface area contributed by atoms with Crippen molar-refractivity contribution in [1.82, 2.24) is 0 Å². The average molecular weight is 207 g/mol. The fraction of sp³-hybridized carbons (Fsp3) is 0.538. The van der Waals surface area contributed by atoms with E-state index in [4.69, 9.17) is 0 Å². The van der Waals surface area contributed by atoms with E-state index >= 15 is 0 Å². The molecular weight excluding hydrogens is 189 g/mol. The first kappa shape index (κ1) is 10.5. The number of hydrogen-bond donors (Lipinski definition) is 0. The Labute approximate surface area is 90.9 Å². The molecule has 1 saturated heterocycles. The van der Waals surface area contributed by atoms with Gasteiger partial charge in [0.15, 0.2) is 0 Å². The minimum atomic E-state index is -0.354. The van der Waals surface area contributed by atoms with Crippen molar-refractivity contribution in [2.45, 2.75) is 32.9 Å². The first-order valence-electron chi connectivity index (χ1n) is 5.71. The predicted molar refractivity (Wildman–Crippen MR) is 62.1 cm³/mol. The molecule has 0 radical (unpaired) electrons. The van der Waals surface area contributed by atoms with E-state index in [1.54, 1.807) is 0 Å². The number of alkyl halides is 1. The molecule has 0 atom stereocenters. The van der Waals surface area contributed by atoms with Crippen molar-refractivity contribution in [1.29, 1.82) is 0 Å². The Hall–Kier alpha value is -1.05. The summed E-state index contributed by atoms with van der Waals surface area (Å²) in [7, 11) is 0. The number of rotatable bonds is 2. The lowest BCUT2D eigenvalue weighted by Crippen LogP contribution is -2.29. The summed E-state index contributed by atoms with van der Waals surface area (Å²) in [5, 5.41) is 0. The lowest BCUT2D eigenvalue weighted by molar-refractivity contribution is 0.483. The molecule has 0 amide bonds. The Balaban J connectivity index is 2.20. The van der Waals surface area contributed by atoms with Gasteiger partial charge in [0, 0.05) is 18.8 Å². The molecule has 0 N–H and O–H groups in total. The molecule has 1 aliphatic heterocycles. The van der Waals surface area contributed by atoms with E-state index in [1.165, 1.54) is 24.9 Å². The van der Waals surface area contributed by atoms with Gasteiger partial charge in [-0.25, -0.2) is 4.39 Å². The van der Waals surface area contributed by atoms with Crippen molar-refractivity contribution in [3.05, 3.63) is 29.3 Å². The molecule has 0 aliphatic carbocycles.